The van der Waals surface area contributed by atoms with Gasteiger partial charge in [0.1, 0.15) is 0 Å². The molecule has 0 atom stereocenters. The predicted octanol–water partition coefficient (Wildman–Crippen LogP) is 1.90. The molecule has 0 aliphatic carbocycles. The molecule has 1 aromatic carbocycles. The van der Waals surface area contributed by atoms with Gasteiger partial charge >= 0.3 is 0 Å². The Morgan fingerprint density at radius 3 is 2.50 bits per heavy atom. The molecule has 0 saturated heterocycles. The summed E-state index contributed by atoms with van der Waals surface area (Å²) in [6, 6.07) is 10.0. The lowest BCUT2D eigenvalue weighted by atomic mass is 10.1. The van der Waals surface area contributed by atoms with Crippen molar-refractivity contribution >= 4 is 5.69 Å². The van der Waals surface area contributed by atoms with Gasteiger partial charge in [-0.3, -0.25) is 0 Å². The summed E-state index contributed by atoms with van der Waals surface area (Å²) >= 11 is 0. The van der Waals surface area contributed by atoms with Crippen LogP contribution in [0.2, 0.25) is 0 Å². The smallest absolute Gasteiger partial charge is 0.246 e. The minimum absolute atomic E-state index is 0.527. The second-order valence-corrected chi connectivity index (χ2v) is 4.93. The van der Waals surface area contributed by atoms with Crippen molar-refractivity contribution in [2.45, 2.75) is 25.9 Å². The van der Waals surface area contributed by atoms with E-state index in [4.69, 9.17) is 10.3 Å². The minimum Gasteiger partial charge on any atom is -0.365 e. The highest BCUT2D eigenvalue weighted by molar-refractivity contribution is 5.44. The molecule has 18 heavy (non-hydrogen) atoms. The maximum atomic E-state index is 5.91. The van der Waals surface area contributed by atoms with E-state index in [0.717, 1.165) is 5.69 Å². The molecule has 0 spiro atoms. The van der Waals surface area contributed by atoms with Crippen LogP contribution in [0.25, 0.3) is 0 Å². The molecule has 0 amide bonds. The highest BCUT2D eigenvalue weighted by Crippen LogP contribution is 2.16. The molecule has 0 aliphatic heterocycles. The van der Waals surface area contributed by atoms with Crippen LogP contribution in [0.3, 0.4) is 0 Å². The van der Waals surface area contributed by atoms with Crippen molar-refractivity contribution in [2.24, 2.45) is 5.73 Å². The second kappa shape index (κ2) is 4.78. The summed E-state index contributed by atoms with van der Waals surface area (Å²) < 4.78 is 5.20. The number of anilines is 1. The standard InChI is InChI=1S/C13H18N4O/c1-13(2,14)12-15-11(18-16-12)9-17(3)10-7-5-4-6-8-10/h4-8H,9,14H2,1-3H3. The van der Waals surface area contributed by atoms with Gasteiger partial charge in [0.05, 0.1) is 12.1 Å². The van der Waals surface area contributed by atoms with E-state index in [1.54, 1.807) is 0 Å². The Bertz CT molecular complexity index is 501. The zero-order chi connectivity index (χ0) is 13.2. The van der Waals surface area contributed by atoms with Crippen LogP contribution >= 0.6 is 0 Å². The van der Waals surface area contributed by atoms with Gasteiger partial charge < -0.3 is 15.2 Å². The number of hydrogen-bond acceptors (Lipinski definition) is 5. The van der Waals surface area contributed by atoms with E-state index in [1.807, 2.05) is 56.1 Å². The Kier molecular flexibility index (Phi) is 3.34. The van der Waals surface area contributed by atoms with Crippen molar-refractivity contribution in [1.29, 1.82) is 0 Å². The first-order valence-electron chi connectivity index (χ1n) is 5.85. The first-order valence-corrected chi connectivity index (χ1v) is 5.85. The summed E-state index contributed by atoms with van der Waals surface area (Å²) in [6.45, 7) is 4.26. The molecule has 0 bridgehead atoms. The molecular weight excluding hydrogens is 228 g/mol. The fraction of sp³-hybridized carbons (Fsp3) is 0.385. The largest absolute Gasteiger partial charge is 0.365 e. The number of nitrogens with zero attached hydrogens (tertiary/aromatic N) is 3. The summed E-state index contributed by atoms with van der Waals surface area (Å²) in [5.41, 5.74) is 6.44. The van der Waals surface area contributed by atoms with Crippen LogP contribution in [0, 0.1) is 0 Å². The fourth-order valence-electron chi connectivity index (χ4n) is 1.56. The van der Waals surface area contributed by atoms with Crippen molar-refractivity contribution in [3.8, 4) is 0 Å². The van der Waals surface area contributed by atoms with E-state index in [0.29, 0.717) is 18.3 Å². The summed E-state index contributed by atoms with van der Waals surface area (Å²) in [7, 11) is 1.98. The van der Waals surface area contributed by atoms with Crippen molar-refractivity contribution < 1.29 is 4.52 Å². The molecule has 5 heteroatoms. The van der Waals surface area contributed by atoms with E-state index in [9.17, 15) is 0 Å². The molecule has 0 unspecified atom stereocenters. The molecule has 0 saturated carbocycles. The lowest BCUT2D eigenvalue weighted by Gasteiger charge is -2.16. The number of nitrogens with two attached hydrogens (primary N) is 1. The van der Waals surface area contributed by atoms with Crippen LogP contribution in [0.15, 0.2) is 34.9 Å². The molecule has 0 radical (unpaired) electrons. The van der Waals surface area contributed by atoms with Gasteiger partial charge in [0, 0.05) is 12.7 Å². The average molecular weight is 246 g/mol. The van der Waals surface area contributed by atoms with Gasteiger partial charge in [-0.1, -0.05) is 23.4 Å². The van der Waals surface area contributed by atoms with Gasteiger partial charge in [0.25, 0.3) is 0 Å². The van der Waals surface area contributed by atoms with Crippen LogP contribution in [0.5, 0.6) is 0 Å². The first-order chi connectivity index (χ1) is 8.47. The van der Waals surface area contributed by atoms with Gasteiger partial charge in [0.2, 0.25) is 5.89 Å². The summed E-state index contributed by atoms with van der Waals surface area (Å²) in [5.74, 6) is 1.09. The maximum absolute atomic E-state index is 5.91. The highest BCUT2D eigenvalue weighted by atomic mass is 16.5. The molecule has 0 fully saturated rings. The molecule has 2 aromatic rings. The SMILES string of the molecule is CN(Cc1nc(C(C)(C)N)no1)c1ccccc1. The zero-order valence-corrected chi connectivity index (χ0v) is 10.9. The molecule has 5 nitrogen and oxygen atoms in total. The Morgan fingerprint density at radius 2 is 1.94 bits per heavy atom. The highest BCUT2D eigenvalue weighted by Gasteiger charge is 2.21. The summed E-state index contributed by atoms with van der Waals surface area (Å²) in [5, 5.41) is 3.90. The lowest BCUT2D eigenvalue weighted by molar-refractivity contribution is 0.360. The van der Waals surface area contributed by atoms with Gasteiger partial charge in [-0.15, -0.1) is 0 Å². The normalized spacial score (nSPS) is 11.6. The van der Waals surface area contributed by atoms with Crippen LogP contribution < -0.4 is 10.6 Å². The van der Waals surface area contributed by atoms with E-state index < -0.39 is 5.54 Å². The number of rotatable bonds is 4. The van der Waals surface area contributed by atoms with Crippen LogP contribution in [-0.4, -0.2) is 17.2 Å². The minimum atomic E-state index is -0.576. The third-order valence-corrected chi connectivity index (χ3v) is 2.61. The Hall–Kier alpha value is -1.88. The van der Waals surface area contributed by atoms with Crippen LogP contribution in [0.1, 0.15) is 25.6 Å². The third-order valence-electron chi connectivity index (χ3n) is 2.61. The van der Waals surface area contributed by atoms with Gasteiger partial charge in [-0.2, -0.15) is 4.98 Å². The average Bonchev–Trinajstić information content (AvgIpc) is 2.78. The van der Waals surface area contributed by atoms with Crippen LogP contribution in [-0.2, 0) is 12.1 Å². The Labute approximate surface area is 107 Å². The Balaban J connectivity index is 2.08. The van der Waals surface area contributed by atoms with Crippen molar-refractivity contribution in [3.63, 3.8) is 0 Å². The molecule has 1 heterocycles. The maximum Gasteiger partial charge on any atom is 0.246 e. The third kappa shape index (κ3) is 2.87. The summed E-state index contributed by atoms with van der Waals surface area (Å²) in [6.07, 6.45) is 0. The van der Waals surface area contributed by atoms with E-state index >= 15 is 0 Å². The molecule has 0 aliphatic rings. The zero-order valence-electron chi connectivity index (χ0n) is 10.9. The molecule has 2 rings (SSSR count). The number of hydrogen-bond donors (Lipinski definition) is 1. The van der Waals surface area contributed by atoms with E-state index in [-0.39, 0.29) is 0 Å². The second-order valence-electron chi connectivity index (χ2n) is 4.93. The van der Waals surface area contributed by atoms with Gasteiger partial charge in [-0.05, 0) is 26.0 Å². The van der Waals surface area contributed by atoms with E-state index in [2.05, 4.69) is 10.1 Å². The Morgan fingerprint density at radius 1 is 1.28 bits per heavy atom. The van der Waals surface area contributed by atoms with E-state index in [1.165, 1.54) is 0 Å². The number of para-hydroxylation sites is 1. The van der Waals surface area contributed by atoms with Crippen LogP contribution in [0.4, 0.5) is 5.69 Å². The quantitative estimate of drug-likeness (QED) is 0.892. The van der Waals surface area contributed by atoms with Gasteiger partial charge in [0.15, 0.2) is 5.82 Å². The monoisotopic (exact) mass is 246 g/mol. The van der Waals surface area contributed by atoms with Gasteiger partial charge in [-0.25, -0.2) is 0 Å². The predicted molar refractivity (Wildman–Crippen MR) is 70.1 cm³/mol. The van der Waals surface area contributed by atoms with Crippen molar-refractivity contribution in [1.82, 2.24) is 10.1 Å². The molecule has 96 valence electrons. The number of aromatic nitrogens is 2. The van der Waals surface area contributed by atoms with Crippen molar-refractivity contribution in [3.05, 3.63) is 42.0 Å². The summed E-state index contributed by atoms with van der Waals surface area (Å²) in [4.78, 5) is 6.35. The lowest BCUT2D eigenvalue weighted by Crippen LogP contribution is -2.30. The first kappa shape index (κ1) is 12.6. The fourth-order valence-corrected chi connectivity index (χ4v) is 1.56. The topological polar surface area (TPSA) is 68.2 Å². The molecular formula is C13H18N4O. The number of benzene rings is 1. The molecule has 1 aromatic heterocycles. The van der Waals surface area contributed by atoms with Crippen molar-refractivity contribution in [2.75, 3.05) is 11.9 Å². The molecule has 2 N–H and O–H groups in total.